The number of nitrogens with two attached hydrogens (primary N) is 1. The van der Waals surface area contributed by atoms with E-state index in [4.69, 9.17) is 5.73 Å². The number of hydrogen-bond donors (Lipinski definition) is 2. The van der Waals surface area contributed by atoms with Crippen molar-refractivity contribution in [1.82, 2.24) is 9.80 Å². The summed E-state index contributed by atoms with van der Waals surface area (Å²) in [6, 6.07) is 8.07. The molecule has 0 bridgehead atoms. The first-order valence-electron chi connectivity index (χ1n) is 6.97. The summed E-state index contributed by atoms with van der Waals surface area (Å²) in [5, 5.41) is 9.47. The van der Waals surface area contributed by atoms with Gasteiger partial charge in [-0.1, -0.05) is 12.1 Å². The lowest BCUT2D eigenvalue weighted by Crippen LogP contribution is -2.51. The van der Waals surface area contributed by atoms with E-state index < -0.39 is 0 Å². The van der Waals surface area contributed by atoms with Crippen LogP contribution in [0.2, 0.25) is 0 Å². The Morgan fingerprint density at radius 3 is 2.89 bits per heavy atom. The fourth-order valence-electron chi connectivity index (χ4n) is 2.77. The summed E-state index contributed by atoms with van der Waals surface area (Å²) in [5.74, 6) is 0.319. The van der Waals surface area contributed by atoms with Crippen molar-refractivity contribution in [3.63, 3.8) is 0 Å². The molecule has 1 aromatic carbocycles. The number of phenols is 1. The number of nitrogens with zero attached hydrogens (tertiary/aromatic N) is 2. The predicted molar refractivity (Wildman–Crippen MR) is 78.3 cm³/mol. The molecule has 1 aliphatic rings. The Labute approximate surface area is 115 Å². The molecule has 2 atom stereocenters. The van der Waals surface area contributed by atoms with Gasteiger partial charge in [0.05, 0.1) is 0 Å². The molecule has 1 aliphatic heterocycles. The van der Waals surface area contributed by atoms with Crippen LogP contribution in [-0.2, 0) is 6.42 Å². The summed E-state index contributed by atoms with van der Waals surface area (Å²) >= 11 is 0. The fourth-order valence-corrected chi connectivity index (χ4v) is 2.77. The van der Waals surface area contributed by atoms with Crippen LogP contribution in [0.5, 0.6) is 5.75 Å². The van der Waals surface area contributed by atoms with Crippen LogP contribution in [0.15, 0.2) is 24.3 Å². The minimum absolute atomic E-state index is 0.140. The highest BCUT2D eigenvalue weighted by Gasteiger charge is 2.23. The Bertz CT molecular complexity index is 410. The highest BCUT2D eigenvalue weighted by atomic mass is 16.3. The van der Waals surface area contributed by atoms with Crippen molar-refractivity contribution >= 4 is 0 Å². The van der Waals surface area contributed by atoms with Crippen LogP contribution >= 0.6 is 0 Å². The van der Waals surface area contributed by atoms with Gasteiger partial charge in [-0.3, -0.25) is 0 Å². The molecule has 1 fully saturated rings. The first-order chi connectivity index (χ1) is 9.04. The lowest BCUT2D eigenvalue weighted by Gasteiger charge is -2.38. The molecule has 19 heavy (non-hydrogen) atoms. The van der Waals surface area contributed by atoms with Gasteiger partial charge in [-0.2, -0.15) is 0 Å². The third kappa shape index (κ3) is 4.20. The topological polar surface area (TPSA) is 52.7 Å². The average Bonchev–Trinajstić information content (AvgIpc) is 2.34. The van der Waals surface area contributed by atoms with Gasteiger partial charge in [-0.05, 0) is 44.6 Å². The van der Waals surface area contributed by atoms with Gasteiger partial charge in [0, 0.05) is 31.7 Å². The standard InChI is InChI=1S/C15H25N3O/c1-17-6-7-18(2)14(11-17)10-13(16)8-12-4-3-5-15(19)9-12/h3-5,9,13-14,19H,6-8,10-11,16H2,1-2H3. The fraction of sp³-hybridized carbons (Fsp3) is 0.600. The van der Waals surface area contributed by atoms with E-state index in [1.807, 2.05) is 12.1 Å². The molecule has 1 aromatic rings. The first kappa shape index (κ1) is 14.3. The van der Waals surface area contributed by atoms with E-state index in [0.29, 0.717) is 11.8 Å². The van der Waals surface area contributed by atoms with Crippen LogP contribution < -0.4 is 5.73 Å². The summed E-state index contributed by atoms with van der Waals surface area (Å²) < 4.78 is 0. The van der Waals surface area contributed by atoms with E-state index in [2.05, 4.69) is 23.9 Å². The van der Waals surface area contributed by atoms with Crippen molar-refractivity contribution in [2.24, 2.45) is 5.73 Å². The third-order valence-electron chi connectivity index (χ3n) is 3.96. The highest BCUT2D eigenvalue weighted by Crippen LogP contribution is 2.16. The second kappa shape index (κ2) is 6.37. The maximum atomic E-state index is 9.47. The van der Waals surface area contributed by atoms with Gasteiger partial charge in [0.1, 0.15) is 5.75 Å². The second-order valence-corrected chi connectivity index (χ2v) is 5.77. The molecule has 0 aliphatic carbocycles. The number of aromatic hydroxyl groups is 1. The molecule has 1 saturated heterocycles. The zero-order chi connectivity index (χ0) is 13.8. The second-order valence-electron chi connectivity index (χ2n) is 5.77. The molecule has 0 aromatic heterocycles. The van der Waals surface area contributed by atoms with Gasteiger partial charge < -0.3 is 20.6 Å². The van der Waals surface area contributed by atoms with Gasteiger partial charge >= 0.3 is 0 Å². The number of likely N-dealkylation sites (N-methyl/N-ethyl adjacent to an activating group) is 2. The molecule has 3 N–H and O–H groups in total. The lowest BCUT2D eigenvalue weighted by molar-refractivity contribution is 0.104. The monoisotopic (exact) mass is 263 g/mol. The van der Waals surface area contributed by atoms with Crippen LogP contribution in [0.4, 0.5) is 0 Å². The SMILES string of the molecule is CN1CCN(C)C(CC(N)Cc2cccc(O)c2)C1. The lowest BCUT2D eigenvalue weighted by atomic mass is 9.98. The normalized spacial score (nSPS) is 23.4. The largest absolute Gasteiger partial charge is 0.508 e. The van der Waals surface area contributed by atoms with Crippen LogP contribution in [0.3, 0.4) is 0 Å². The highest BCUT2D eigenvalue weighted by molar-refractivity contribution is 5.27. The van der Waals surface area contributed by atoms with E-state index in [9.17, 15) is 5.11 Å². The van der Waals surface area contributed by atoms with Crippen molar-refractivity contribution in [3.05, 3.63) is 29.8 Å². The molecule has 2 rings (SSSR count). The molecule has 1 heterocycles. The predicted octanol–water partition coefficient (Wildman–Crippen LogP) is 0.898. The van der Waals surface area contributed by atoms with Crippen LogP contribution in [0.1, 0.15) is 12.0 Å². The van der Waals surface area contributed by atoms with Gasteiger partial charge in [-0.15, -0.1) is 0 Å². The maximum absolute atomic E-state index is 9.47. The molecule has 0 saturated carbocycles. The Balaban J connectivity index is 1.88. The van der Waals surface area contributed by atoms with E-state index in [-0.39, 0.29) is 6.04 Å². The molecule has 0 radical (unpaired) electrons. The average molecular weight is 263 g/mol. The molecule has 0 amide bonds. The smallest absolute Gasteiger partial charge is 0.115 e. The van der Waals surface area contributed by atoms with Crippen molar-refractivity contribution < 1.29 is 5.11 Å². The number of phenolic OH excluding ortho intramolecular Hbond substituents is 1. The Morgan fingerprint density at radius 1 is 1.37 bits per heavy atom. The Morgan fingerprint density at radius 2 is 2.16 bits per heavy atom. The molecule has 0 spiro atoms. The minimum Gasteiger partial charge on any atom is -0.508 e. The number of rotatable bonds is 4. The summed E-state index contributed by atoms with van der Waals surface area (Å²) in [7, 11) is 4.35. The molecular weight excluding hydrogens is 238 g/mol. The van der Waals surface area contributed by atoms with E-state index in [0.717, 1.165) is 38.0 Å². The number of benzene rings is 1. The molecular formula is C15H25N3O. The third-order valence-corrected chi connectivity index (χ3v) is 3.96. The molecule has 2 unspecified atom stereocenters. The zero-order valence-electron chi connectivity index (χ0n) is 11.9. The summed E-state index contributed by atoms with van der Waals surface area (Å²) in [5.41, 5.74) is 7.38. The molecule has 106 valence electrons. The Hall–Kier alpha value is -1.10. The maximum Gasteiger partial charge on any atom is 0.115 e. The van der Waals surface area contributed by atoms with Gasteiger partial charge in [0.15, 0.2) is 0 Å². The van der Waals surface area contributed by atoms with Crippen molar-refractivity contribution in [2.75, 3.05) is 33.7 Å². The molecule has 4 heteroatoms. The van der Waals surface area contributed by atoms with Crippen LogP contribution in [0, 0.1) is 0 Å². The minimum atomic E-state index is 0.140. The van der Waals surface area contributed by atoms with Crippen LogP contribution in [-0.4, -0.2) is 60.7 Å². The number of hydrogen-bond acceptors (Lipinski definition) is 4. The molecule has 4 nitrogen and oxygen atoms in total. The summed E-state index contributed by atoms with van der Waals surface area (Å²) in [6.45, 7) is 3.33. The van der Waals surface area contributed by atoms with E-state index >= 15 is 0 Å². The Kier molecular flexibility index (Phi) is 4.80. The van der Waals surface area contributed by atoms with Gasteiger partial charge in [0.2, 0.25) is 0 Å². The van der Waals surface area contributed by atoms with E-state index in [1.54, 1.807) is 12.1 Å². The van der Waals surface area contributed by atoms with Crippen LogP contribution in [0.25, 0.3) is 0 Å². The first-order valence-corrected chi connectivity index (χ1v) is 6.97. The van der Waals surface area contributed by atoms with Gasteiger partial charge in [-0.25, -0.2) is 0 Å². The van der Waals surface area contributed by atoms with Gasteiger partial charge in [0.25, 0.3) is 0 Å². The van der Waals surface area contributed by atoms with Crippen molar-refractivity contribution in [1.29, 1.82) is 0 Å². The summed E-state index contributed by atoms with van der Waals surface area (Å²) in [6.07, 6.45) is 1.82. The van der Waals surface area contributed by atoms with E-state index in [1.165, 1.54) is 0 Å². The van der Waals surface area contributed by atoms with Crippen molar-refractivity contribution in [3.8, 4) is 5.75 Å². The van der Waals surface area contributed by atoms with Crippen molar-refractivity contribution in [2.45, 2.75) is 24.9 Å². The quantitative estimate of drug-likeness (QED) is 0.847. The summed E-state index contributed by atoms with van der Waals surface area (Å²) in [4.78, 5) is 4.77. The zero-order valence-corrected chi connectivity index (χ0v) is 11.9. The number of piperazine rings is 1.